The fourth-order valence-corrected chi connectivity index (χ4v) is 5.27. The Hall–Kier alpha value is -2.62. The first-order chi connectivity index (χ1) is 15.9. The molecule has 0 saturated carbocycles. The third-order valence-corrected chi connectivity index (χ3v) is 7.19. The van der Waals surface area contributed by atoms with Gasteiger partial charge >= 0.3 is 0 Å². The average Bonchev–Trinajstić information content (AvgIpc) is 3.36. The van der Waals surface area contributed by atoms with Gasteiger partial charge < -0.3 is 20.6 Å². The van der Waals surface area contributed by atoms with Crippen molar-refractivity contribution in [2.45, 2.75) is 65.3 Å². The number of hydrogen-bond acceptors (Lipinski definition) is 7. The van der Waals surface area contributed by atoms with Crippen molar-refractivity contribution in [2.24, 2.45) is 5.41 Å². The molecule has 0 aliphatic carbocycles. The van der Waals surface area contributed by atoms with Crippen LogP contribution >= 0.6 is 11.3 Å². The predicted molar refractivity (Wildman–Crippen MR) is 132 cm³/mol. The molecule has 2 aromatic rings. The summed E-state index contributed by atoms with van der Waals surface area (Å²) in [5, 5.41) is 16.1. The highest BCUT2D eigenvalue weighted by Crippen LogP contribution is 2.29. The van der Waals surface area contributed by atoms with Crippen molar-refractivity contribution in [3.05, 3.63) is 41.0 Å². The van der Waals surface area contributed by atoms with Gasteiger partial charge in [0.2, 0.25) is 11.8 Å². The molecule has 2 heterocycles. The molecule has 2 amide bonds. The maximum atomic E-state index is 13.3. The molecule has 1 aromatic heterocycles. The van der Waals surface area contributed by atoms with Crippen LogP contribution in [0.15, 0.2) is 29.8 Å². The van der Waals surface area contributed by atoms with Crippen LogP contribution in [0.1, 0.15) is 51.4 Å². The zero-order valence-electron chi connectivity index (χ0n) is 20.6. The number of benzene rings is 1. The molecule has 184 valence electrons. The topological polar surface area (TPSA) is 112 Å². The third-order valence-electron chi connectivity index (χ3n) is 6.21. The number of ketones is 1. The van der Waals surface area contributed by atoms with E-state index in [1.165, 1.54) is 11.8 Å². The van der Waals surface area contributed by atoms with Crippen LogP contribution in [0.2, 0.25) is 0 Å². The van der Waals surface area contributed by atoms with Gasteiger partial charge in [0.05, 0.1) is 28.2 Å². The average molecular weight is 487 g/mol. The number of amides is 2. The van der Waals surface area contributed by atoms with Gasteiger partial charge in [-0.2, -0.15) is 0 Å². The molecule has 34 heavy (non-hydrogen) atoms. The fraction of sp³-hybridized carbons (Fsp3) is 0.520. The van der Waals surface area contributed by atoms with Crippen molar-refractivity contribution in [1.82, 2.24) is 20.5 Å². The van der Waals surface area contributed by atoms with E-state index in [0.29, 0.717) is 5.56 Å². The largest absolute Gasteiger partial charge is 0.391 e. The second kappa shape index (κ2) is 10.3. The van der Waals surface area contributed by atoms with E-state index in [0.717, 1.165) is 16.1 Å². The third kappa shape index (κ3) is 5.54. The van der Waals surface area contributed by atoms with Gasteiger partial charge in [-0.3, -0.25) is 14.4 Å². The van der Waals surface area contributed by atoms with E-state index in [4.69, 9.17) is 0 Å². The summed E-state index contributed by atoms with van der Waals surface area (Å²) in [6.45, 7) is 9.28. The van der Waals surface area contributed by atoms with Crippen molar-refractivity contribution in [3.8, 4) is 10.4 Å². The minimum Gasteiger partial charge on any atom is -0.391 e. The molecule has 3 rings (SSSR count). The van der Waals surface area contributed by atoms with Gasteiger partial charge in [-0.25, -0.2) is 4.98 Å². The van der Waals surface area contributed by atoms with Crippen LogP contribution in [-0.4, -0.2) is 64.4 Å². The molecule has 1 aliphatic rings. The number of aryl methyl sites for hydroxylation is 1. The van der Waals surface area contributed by atoms with E-state index < -0.39 is 30.1 Å². The summed E-state index contributed by atoms with van der Waals surface area (Å²) in [7, 11) is 1.71. The van der Waals surface area contributed by atoms with Crippen LogP contribution in [0.5, 0.6) is 0 Å². The van der Waals surface area contributed by atoms with Crippen molar-refractivity contribution in [3.63, 3.8) is 0 Å². The van der Waals surface area contributed by atoms with Gasteiger partial charge in [-0.1, -0.05) is 45.0 Å². The SMILES string of the molecule is CN[C@H](C(=O)N1C[C@H](O)C[C@H]1C(=O)N[C@@H](C(C)=O)c1ccc(-c2scnc2C)cc1)C(C)(C)C. The zero-order valence-corrected chi connectivity index (χ0v) is 21.4. The molecule has 1 saturated heterocycles. The summed E-state index contributed by atoms with van der Waals surface area (Å²) in [4.78, 5) is 45.7. The van der Waals surface area contributed by atoms with Crippen LogP contribution in [0.4, 0.5) is 0 Å². The molecule has 0 unspecified atom stereocenters. The zero-order chi connectivity index (χ0) is 25.2. The molecule has 1 aliphatic heterocycles. The number of aliphatic hydroxyl groups is 1. The van der Waals surface area contributed by atoms with E-state index in [-0.39, 0.29) is 30.1 Å². The standard InChI is InChI=1S/C25H34N4O4S/c1-14-21(34-13-27-14)17-9-7-16(8-10-17)20(15(2)30)28-23(32)19-11-18(31)12-29(19)24(33)22(26-6)25(3,4)5/h7-10,13,18-20,22,26,31H,11-12H2,1-6H3,(H,28,32)/t18-,19+,20+,22-/m1/s1. The number of rotatable bonds is 7. The van der Waals surface area contributed by atoms with Crippen LogP contribution < -0.4 is 10.6 Å². The molecule has 3 N–H and O–H groups in total. The summed E-state index contributed by atoms with van der Waals surface area (Å²) >= 11 is 1.55. The second-order valence-electron chi connectivity index (χ2n) is 9.92. The van der Waals surface area contributed by atoms with E-state index in [1.807, 2.05) is 52.0 Å². The first kappa shape index (κ1) is 26.0. The number of aromatic nitrogens is 1. The lowest BCUT2D eigenvalue weighted by Gasteiger charge is -2.35. The molecule has 8 nitrogen and oxygen atoms in total. The smallest absolute Gasteiger partial charge is 0.243 e. The van der Waals surface area contributed by atoms with Crippen molar-refractivity contribution in [1.29, 1.82) is 0 Å². The van der Waals surface area contributed by atoms with Crippen molar-refractivity contribution >= 4 is 28.9 Å². The second-order valence-corrected chi connectivity index (χ2v) is 10.8. The van der Waals surface area contributed by atoms with Gasteiger partial charge in [0, 0.05) is 13.0 Å². The lowest BCUT2D eigenvalue weighted by atomic mass is 9.86. The number of β-amino-alcohol motifs (C(OH)–C–C–N with tert-alkyl or cyclic N) is 1. The number of carbonyl (C=O) groups excluding carboxylic acids is 3. The number of nitrogens with zero attached hydrogens (tertiary/aromatic N) is 2. The van der Waals surface area contributed by atoms with E-state index in [9.17, 15) is 19.5 Å². The monoisotopic (exact) mass is 486 g/mol. The molecule has 1 aromatic carbocycles. The molecule has 9 heteroatoms. The molecule has 4 atom stereocenters. The number of carbonyl (C=O) groups is 3. The molecular weight excluding hydrogens is 452 g/mol. The van der Waals surface area contributed by atoms with E-state index >= 15 is 0 Å². The number of likely N-dealkylation sites (N-methyl/N-ethyl adjacent to an activating group) is 1. The van der Waals surface area contributed by atoms with Crippen molar-refractivity contribution < 1.29 is 19.5 Å². The number of aliphatic hydroxyl groups excluding tert-OH is 1. The molecule has 0 spiro atoms. The quantitative estimate of drug-likeness (QED) is 0.554. The number of thiazole rings is 1. The van der Waals surface area contributed by atoms with Crippen molar-refractivity contribution in [2.75, 3.05) is 13.6 Å². The lowest BCUT2D eigenvalue weighted by Crippen LogP contribution is -2.56. The Balaban J connectivity index is 1.80. The molecule has 1 fully saturated rings. The summed E-state index contributed by atoms with van der Waals surface area (Å²) in [6.07, 6.45) is -0.665. The van der Waals surface area contributed by atoms with Gasteiger partial charge in [0.25, 0.3) is 0 Å². The molecule has 0 bridgehead atoms. The summed E-state index contributed by atoms with van der Waals surface area (Å²) in [6, 6.07) is 5.26. The maximum Gasteiger partial charge on any atom is 0.243 e. The van der Waals surface area contributed by atoms with Gasteiger partial charge in [0.15, 0.2) is 5.78 Å². The van der Waals surface area contributed by atoms with Crippen LogP contribution in [0.3, 0.4) is 0 Å². The minimum absolute atomic E-state index is 0.0822. The van der Waals surface area contributed by atoms with E-state index in [1.54, 1.807) is 23.9 Å². The van der Waals surface area contributed by atoms with E-state index in [2.05, 4.69) is 15.6 Å². The Bertz CT molecular complexity index is 1040. The number of Topliss-reactive ketones (excluding diaryl/α,β-unsaturated/α-hetero) is 1. The lowest BCUT2D eigenvalue weighted by molar-refractivity contribution is -0.142. The predicted octanol–water partition coefficient (Wildman–Crippen LogP) is 2.46. The Morgan fingerprint density at radius 3 is 2.35 bits per heavy atom. The summed E-state index contributed by atoms with van der Waals surface area (Å²) in [5.74, 6) is -0.902. The number of hydrogen-bond donors (Lipinski definition) is 3. The van der Waals surface area contributed by atoms with Gasteiger partial charge in [-0.15, -0.1) is 11.3 Å². The van der Waals surface area contributed by atoms with Crippen LogP contribution in [-0.2, 0) is 14.4 Å². The van der Waals surface area contributed by atoms with Gasteiger partial charge in [0.1, 0.15) is 12.1 Å². The molecular formula is C25H34N4O4S. The maximum absolute atomic E-state index is 13.3. The normalized spacial score (nSPS) is 20.1. The first-order valence-corrected chi connectivity index (χ1v) is 12.3. The number of likely N-dealkylation sites (tertiary alicyclic amines) is 1. The summed E-state index contributed by atoms with van der Waals surface area (Å²) in [5.41, 5.74) is 4.01. The highest BCUT2D eigenvalue weighted by Gasteiger charge is 2.44. The highest BCUT2D eigenvalue weighted by molar-refractivity contribution is 7.13. The number of nitrogens with one attached hydrogen (secondary N) is 2. The Labute approximate surface area is 204 Å². The fourth-order valence-electron chi connectivity index (χ4n) is 4.46. The van der Waals surface area contributed by atoms with Crippen LogP contribution in [0.25, 0.3) is 10.4 Å². The molecule has 0 radical (unpaired) electrons. The first-order valence-electron chi connectivity index (χ1n) is 11.4. The van der Waals surface area contributed by atoms with Gasteiger partial charge in [-0.05, 0) is 37.4 Å². The highest BCUT2D eigenvalue weighted by atomic mass is 32.1. The summed E-state index contributed by atoms with van der Waals surface area (Å²) < 4.78 is 0. The van der Waals surface area contributed by atoms with Crippen LogP contribution in [0, 0.1) is 12.3 Å². The minimum atomic E-state index is -0.846. The Morgan fingerprint density at radius 2 is 1.85 bits per heavy atom. The Kier molecular flexibility index (Phi) is 7.90. The Morgan fingerprint density at radius 1 is 1.21 bits per heavy atom.